The van der Waals surface area contributed by atoms with Crippen LogP contribution >= 0.6 is 0 Å². The summed E-state index contributed by atoms with van der Waals surface area (Å²) in [6, 6.07) is 1.01. The molecule has 2 fully saturated rings. The minimum absolute atomic E-state index is 0.00760. The minimum Gasteiger partial charge on any atom is -0.345 e. The topological polar surface area (TPSA) is 67.5 Å². The number of hydrogen-bond acceptors (Lipinski definition) is 4. The monoisotopic (exact) mass is 348 g/mol. The van der Waals surface area contributed by atoms with E-state index in [1.54, 1.807) is 11.1 Å². The molecule has 0 spiro atoms. The Balaban J connectivity index is 1.40. The second-order valence-corrected chi connectivity index (χ2v) is 7.66. The molecule has 0 unspecified atom stereocenters. The predicted molar refractivity (Wildman–Crippen MR) is 98.4 cm³/mol. The van der Waals surface area contributed by atoms with Gasteiger partial charge in [0.1, 0.15) is 5.82 Å². The molecule has 0 atom stereocenters. The zero-order chi connectivity index (χ0) is 17.8. The molecule has 0 saturated carbocycles. The van der Waals surface area contributed by atoms with Gasteiger partial charge in [0.05, 0.1) is 6.54 Å². The maximum absolute atomic E-state index is 12.4. The van der Waals surface area contributed by atoms with Crippen LogP contribution in [0, 0.1) is 6.92 Å². The maximum atomic E-state index is 12.4. The summed E-state index contributed by atoms with van der Waals surface area (Å²) in [5.41, 5.74) is 1.02. The molecule has 7 nitrogen and oxygen atoms in total. The van der Waals surface area contributed by atoms with Crippen LogP contribution in [0.15, 0.2) is 6.20 Å². The molecule has 2 aliphatic heterocycles. The molecule has 2 aliphatic rings. The number of likely N-dealkylation sites (tertiary alicyclic amines) is 2. The number of imidazole rings is 1. The number of hydrogen-bond donors (Lipinski definition) is 2. The van der Waals surface area contributed by atoms with Gasteiger partial charge in [-0.15, -0.1) is 0 Å². The molecular formula is C18H32N6O. The van der Waals surface area contributed by atoms with Crippen molar-refractivity contribution in [3.8, 4) is 0 Å². The van der Waals surface area contributed by atoms with Crippen molar-refractivity contribution in [3.05, 3.63) is 17.7 Å². The number of aryl methyl sites for hydroxylation is 1. The van der Waals surface area contributed by atoms with Crippen LogP contribution in [0.1, 0.15) is 37.2 Å². The van der Waals surface area contributed by atoms with E-state index in [1.807, 2.05) is 14.0 Å². The fourth-order valence-corrected chi connectivity index (χ4v) is 3.90. The third kappa shape index (κ3) is 4.95. The molecule has 0 radical (unpaired) electrons. The molecule has 140 valence electrons. The number of aromatic nitrogens is 2. The fourth-order valence-electron chi connectivity index (χ4n) is 3.90. The van der Waals surface area contributed by atoms with Crippen LogP contribution in [0.3, 0.4) is 0 Å². The second-order valence-electron chi connectivity index (χ2n) is 7.66. The quantitative estimate of drug-likeness (QED) is 0.864. The van der Waals surface area contributed by atoms with Crippen LogP contribution < -0.4 is 5.32 Å². The molecule has 3 heterocycles. The first-order chi connectivity index (χ1) is 12.0. The van der Waals surface area contributed by atoms with E-state index in [-0.39, 0.29) is 12.1 Å². The van der Waals surface area contributed by atoms with Gasteiger partial charge < -0.3 is 25.0 Å². The summed E-state index contributed by atoms with van der Waals surface area (Å²) in [5.74, 6) is 0.826. The zero-order valence-electron chi connectivity index (χ0n) is 15.8. The maximum Gasteiger partial charge on any atom is 0.317 e. The molecule has 2 N–H and O–H groups in total. The van der Waals surface area contributed by atoms with Gasteiger partial charge in [0.25, 0.3) is 0 Å². The number of urea groups is 1. The van der Waals surface area contributed by atoms with Gasteiger partial charge in [0.2, 0.25) is 0 Å². The summed E-state index contributed by atoms with van der Waals surface area (Å²) in [6.45, 7) is 7.08. The lowest BCUT2D eigenvalue weighted by Gasteiger charge is -2.41. The van der Waals surface area contributed by atoms with Crippen molar-refractivity contribution in [2.75, 3.05) is 40.3 Å². The van der Waals surface area contributed by atoms with Crippen molar-refractivity contribution >= 4 is 6.03 Å². The van der Waals surface area contributed by atoms with E-state index in [2.05, 4.69) is 32.1 Å². The first-order valence-corrected chi connectivity index (χ1v) is 9.46. The van der Waals surface area contributed by atoms with E-state index >= 15 is 0 Å². The average molecular weight is 348 g/mol. The highest BCUT2D eigenvalue weighted by atomic mass is 16.2. The van der Waals surface area contributed by atoms with Crippen molar-refractivity contribution < 1.29 is 4.79 Å². The summed E-state index contributed by atoms with van der Waals surface area (Å²) < 4.78 is 0. The number of piperidine rings is 2. The Hall–Kier alpha value is -1.60. The highest BCUT2D eigenvalue weighted by molar-refractivity contribution is 5.74. The Morgan fingerprint density at radius 2 is 1.96 bits per heavy atom. The number of rotatable bonds is 4. The van der Waals surface area contributed by atoms with Crippen molar-refractivity contribution in [3.63, 3.8) is 0 Å². The lowest BCUT2D eigenvalue weighted by atomic mass is 9.98. The second kappa shape index (κ2) is 8.19. The smallest absolute Gasteiger partial charge is 0.317 e. The molecule has 0 aromatic carbocycles. The molecule has 3 rings (SSSR count). The van der Waals surface area contributed by atoms with Gasteiger partial charge >= 0.3 is 6.03 Å². The summed E-state index contributed by atoms with van der Waals surface area (Å²) in [6.07, 6.45) is 6.44. The van der Waals surface area contributed by atoms with Gasteiger partial charge in [-0.05, 0) is 52.7 Å². The van der Waals surface area contributed by atoms with Gasteiger partial charge in [0.15, 0.2) is 0 Å². The average Bonchev–Trinajstić information content (AvgIpc) is 3.01. The normalized spacial score (nSPS) is 21.4. The van der Waals surface area contributed by atoms with E-state index in [4.69, 9.17) is 0 Å². The van der Waals surface area contributed by atoms with Crippen molar-refractivity contribution in [2.45, 2.75) is 51.2 Å². The van der Waals surface area contributed by atoms with E-state index in [9.17, 15) is 4.79 Å². The summed E-state index contributed by atoms with van der Waals surface area (Å²) in [7, 11) is 4.03. The van der Waals surface area contributed by atoms with Crippen molar-refractivity contribution in [2.24, 2.45) is 0 Å². The number of nitrogens with zero attached hydrogens (tertiary/aromatic N) is 4. The SMILES string of the molecule is Cc1cnc(CN(C)C(=O)NC2CCN(C3CCN(C)CC3)CC2)[nH]1. The van der Waals surface area contributed by atoms with Gasteiger partial charge in [0, 0.05) is 44.1 Å². The van der Waals surface area contributed by atoms with Crippen molar-refractivity contribution in [1.82, 2.24) is 30.0 Å². The molecule has 2 amide bonds. The minimum atomic E-state index is -0.00760. The van der Waals surface area contributed by atoms with Crippen LogP contribution in [-0.2, 0) is 6.54 Å². The number of carbonyl (C=O) groups is 1. The Labute approximate surface area is 150 Å². The van der Waals surface area contributed by atoms with Crippen LogP contribution in [0.4, 0.5) is 4.79 Å². The lowest BCUT2D eigenvalue weighted by molar-refractivity contribution is 0.0922. The predicted octanol–water partition coefficient (Wildman–Crippen LogP) is 1.42. The molecule has 25 heavy (non-hydrogen) atoms. The first kappa shape index (κ1) is 18.2. The van der Waals surface area contributed by atoms with Crippen LogP contribution in [0.5, 0.6) is 0 Å². The van der Waals surface area contributed by atoms with Gasteiger partial charge in [-0.3, -0.25) is 0 Å². The molecule has 0 bridgehead atoms. The van der Waals surface area contributed by atoms with E-state index in [0.717, 1.165) is 43.5 Å². The van der Waals surface area contributed by atoms with Gasteiger partial charge in [-0.2, -0.15) is 0 Å². The van der Waals surface area contributed by atoms with E-state index < -0.39 is 0 Å². The first-order valence-electron chi connectivity index (χ1n) is 9.46. The Morgan fingerprint density at radius 1 is 1.28 bits per heavy atom. The van der Waals surface area contributed by atoms with Gasteiger partial charge in [-0.25, -0.2) is 9.78 Å². The Bertz CT molecular complexity index is 558. The highest BCUT2D eigenvalue weighted by Gasteiger charge is 2.28. The number of nitrogens with one attached hydrogen (secondary N) is 2. The third-order valence-corrected chi connectivity index (χ3v) is 5.55. The molecule has 2 saturated heterocycles. The zero-order valence-corrected chi connectivity index (χ0v) is 15.8. The van der Waals surface area contributed by atoms with Crippen LogP contribution in [-0.4, -0.2) is 83.1 Å². The highest BCUT2D eigenvalue weighted by Crippen LogP contribution is 2.20. The molecule has 7 heteroatoms. The van der Waals surface area contributed by atoms with E-state index in [1.165, 1.54) is 25.9 Å². The third-order valence-electron chi connectivity index (χ3n) is 5.55. The molecule has 0 aliphatic carbocycles. The number of carbonyl (C=O) groups excluding carboxylic acids is 1. The number of aromatic amines is 1. The lowest BCUT2D eigenvalue weighted by Crippen LogP contribution is -2.52. The molecule has 1 aromatic rings. The van der Waals surface area contributed by atoms with Crippen LogP contribution in [0.25, 0.3) is 0 Å². The van der Waals surface area contributed by atoms with Crippen molar-refractivity contribution in [1.29, 1.82) is 0 Å². The van der Waals surface area contributed by atoms with E-state index in [0.29, 0.717) is 6.54 Å². The fraction of sp³-hybridized carbons (Fsp3) is 0.778. The molecule has 1 aromatic heterocycles. The summed E-state index contributed by atoms with van der Waals surface area (Å²) in [5, 5.41) is 3.19. The van der Waals surface area contributed by atoms with Gasteiger partial charge in [-0.1, -0.05) is 0 Å². The van der Waals surface area contributed by atoms with Crippen LogP contribution in [0.2, 0.25) is 0 Å². The standard InChI is InChI=1S/C18H32N6O/c1-14-12-19-17(20-14)13-23(3)18(25)21-15-4-10-24(11-5-15)16-6-8-22(2)9-7-16/h12,15-16H,4-11,13H2,1-3H3,(H,19,20)(H,21,25). The number of amides is 2. The Morgan fingerprint density at radius 3 is 2.56 bits per heavy atom. The number of H-pyrrole nitrogens is 1. The summed E-state index contributed by atoms with van der Waals surface area (Å²) >= 11 is 0. The molecular weight excluding hydrogens is 316 g/mol. The Kier molecular flexibility index (Phi) is 5.96. The summed E-state index contributed by atoms with van der Waals surface area (Å²) in [4.78, 5) is 26.6. The largest absolute Gasteiger partial charge is 0.345 e.